The van der Waals surface area contributed by atoms with Crippen molar-refractivity contribution in [2.45, 2.75) is 5.92 Å². The highest BCUT2D eigenvalue weighted by atomic mass is 19.3. The van der Waals surface area contributed by atoms with Crippen LogP contribution in [0.2, 0.25) is 0 Å². The van der Waals surface area contributed by atoms with Gasteiger partial charge in [0.05, 0.1) is 19.8 Å². The monoisotopic (exact) mass is 212 g/mol. The van der Waals surface area contributed by atoms with Crippen LogP contribution in [-0.2, 0) is 4.79 Å². The predicted octanol–water partition coefficient (Wildman–Crippen LogP) is -1.69. The van der Waals surface area contributed by atoms with Gasteiger partial charge in [0, 0.05) is 13.1 Å². The Morgan fingerprint density at radius 2 is 1.79 bits per heavy atom. The first-order valence-electron chi connectivity index (χ1n) is 4.13. The van der Waals surface area contributed by atoms with E-state index in [2.05, 4.69) is 5.32 Å². The van der Waals surface area contributed by atoms with Gasteiger partial charge in [-0.25, -0.2) is 0 Å². The van der Waals surface area contributed by atoms with Crippen LogP contribution < -0.4 is 10.6 Å². The molecule has 0 spiro atoms. The highest BCUT2D eigenvalue weighted by Crippen LogP contribution is 2.11. The van der Waals surface area contributed by atoms with Crippen LogP contribution in [0.15, 0.2) is 0 Å². The molecular weight excluding hydrogens is 198 g/mol. The van der Waals surface area contributed by atoms with Crippen LogP contribution in [0, 0.1) is 0 Å². The van der Waals surface area contributed by atoms with Gasteiger partial charge in [0.1, 0.15) is 0 Å². The molecule has 4 N–H and O–H groups in total. The fourth-order valence-corrected chi connectivity index (χ4v) is 0.703. The van der Waals surface area contributed by atoms with Gasteiger partial charge in [0.2, 0.25) is 0 Å². The van der Waals surface area contributed by atoms with E-state index in [9.17, 15) is 13.6 Å². The minimum Gasteiger partial charge on any atom is -0.395 e. The zero-order valence-electron chi connectivity index (χ0n) is 7.59. The van der Waals surface area contributed by atoms with Crippen molar-refractivity contribution in [3.05, 3.63) is 0 Å². The van der Waals surface area contributed by atoms with E-state index in [-0.39, 0.29) is 26.3 Å². The molecule has 5 nitrogen and oxygen atoms in total. The fourth-order valence-electron chi connectivity index (χ4n) is 0.703. The summed E-state index contributed by atoms with van der Waals surface area (Å²) in [6, 6.07) is 0. The number of carbonyl (C=O) groups is 1. The molecule has 0 bridgehead atoms. The van der Waals surface area contributed by atoms with Crippen LogP contribution in [0.4, 0.5) is 8.78 Å². The van der Waals surface area contributed by atoms with E-state index in [4.69, 9.17) is 10.2 Å². The molecule has 0 aliphatic rings. The number of carbonyl (C=O) groups excluding carboxylic acids is 1. The third kappa shape index (κ3) is 5.05. The second-order valence-electron chi connectivity index (χ2n) is 2.58. The summed E-state index contributed by atoms with van der Waals surface area (Å²) in [7, 11) is 0. The maximum atomic E-state index is 12.8. The average Bonchev–Trinajstić information content (AvgIpc) is 2.14. The van der Waals surface area contributed by atoms with Gasteiger partial charge < -0.3 is 20.8 Å². The molecule has 0 fully saturated rings. The van der Waals surface area contributed by atoms with Gasteiger partial charge in [0.25, 0.3) is 5.91 Å². The zero-order valence-corrected chi connectivity index (χ0v) is 7.59. The molecule has 0 radical (unpaired) electrons. The Kier molecular flexibility index (Phi) is 6.26. The standard InChI is InChI=1S/C7H14F2N2O3/c8-7(9,5-10-1-3-12)6(14)11-2-4-13/h10,12-13H,1-5H2,(H,11,14). The summed E-state index contributed by atoms with van der Waals surface area (Å²) in [5.74, 6) is -4.96. The Labute approximate surface area is 80.1 Å². The van der Waals surface area contributed by atoms with Gasteiger partial charge in [-0.15, -0.1) is 0 Å². The summed E-state index contributed by atoms with van der Waals surface area (Å²) < 4.78 is 25.7. The molecule has 0 aliphatic carbocycles. The summed E-state index contributed by atoms with van der Waals surface area (Å²) in [4.78, 5) is 10.7. The first-order valence-corrected chi connectivity index (χ1v) is 4.13. The number of alkyl halides is 2. The van der Waals surface area contributed by atoms with E-state index in [0.29, 0.717) is 0 Å². The number of halogens is 2. The largest absolute Gasteiger partial charge is 0.395 e. The molecule has 0 aliphatic heterocycles. The van der Waals surface area contributed by atoms with Gasteiger partial charge in [0.15, 0.2) is 0 Å². The Bertz CT molecular complexity index is 178. The number of hydrogen-bond donors (Lipinski definition) is 4. The smallest absolute Gasteiger partial charge is 0.336 e. The van der Waals surface area contributed by atoms with E-state index in [0.717, 1.165) is 0 Å². The first-order chi connectivity index (χ1) is 6.54. The summed E-state index contributed by atoms with van der Waals surface area (Å²) in [5.41, 5.74) is 0. The van der Waals surface area contributed by atoms with Crippen LogP contribution in [0.5, 0.6) is 0 Å². The molecule has 14 heavy (non-hydrogen) atoms. The number of nitrogens with one attached hydrogen (secondary N) is 2. The lowest BCUT2D eigenvalue weighted by Crippen LogP contribution is -2.47. The van der Waals surface area contributed by atoms with Crippen LogP contribution in [-0.4, -0.2) is 54.9 Å². The van der Waals surface area contributed by atoms with Gasteiger partial charge in [-0.3, -0.25) is 4.79 Å². The number of amides is 1. The Morgan fingerprint density at radius 1 is 1.21 bits per heavy atom. The molecule has 0 heterocycles. The molecule has 0 aromatic heterocycles. The molecule has 0 saturated carbocycles. The molecule has 84 valence electrons. The molecule has 0 aromatic rings. The quantitative estimate of drug-likeness (QED) is 0.380. The lowest BCUT2D eigenvalue weighted by atomic mass is 10.3. The van der Waals surface area contributed by atoms with E-state index in [1.165, 1.54) is 0 Å². The first kappa shape index (κ1) is 13.2. The van der Waals surface area contributed by atoms with Gasteiger partial charge >= 0.3 is 5.92 Å². The van der Waals surface area contributed by atoms with Crippen LogP contribution in [0.3, 0.4) is 0 Å². The molecule has 0 unspecified atom stereocenters. The Hall–Kier alpha value is -0.790. The molecule has 7 heteroatoms. The van der Waals surface area contributed by atoms with Gasteiger partial charge in [-0.1, -0.05) is 0 Å². The molecule has 0 atom stereocenters. The molecule has 0 saturated heterocycles. The lowest BCUT2D eigenvalue weighted by molar-refractivity contribution is -0.145. The number of aliphatic hydroxyl groups is 2. The van der Waals surface area contributed by atoms with E-state index >= 15 is 0 Å². The van der Waals surface area contributed by atoms with Crippen molar-refractivity contribution in [1.82, 2.24) is 10.6 Å². The molecular formula is C7H14F2N2O3. The van der Waals surface area contributed by atoms with Crippen LogP contribution in [0.25, 0.3) is 0 Å². The molecule has 1 amide bonds. The van der Waals surface area contributed by atoms with E-state index < -0.39 is 18.4 Å². The SMILES string of the molecule is O=C(NCCO)C(F)(F)CNCCO. The van der Waals surface area contributed by atoms with Crippen molar-refractivity contribution in [1.29, 1.82) is 0 Å². The van der Waals surface area contributed by atoms with Crippen molar-refractivity contribution in [3.63, 3.8) is 0 Å². The van der Waals surface area contributed by atoms with Crippen molar-refractivity contribution in [2.24, 2.45) is 0 Å². The van der Waals surface area contributed by atoms with Gasteiger partial charge in [-0.2, -0.15) is 8.78 Å². The zero-order chi connectivity index (χ0) is 11.0. The summed E-state index contributed by atoms with van der Waals surface area (Å²) >= 11 is 0. The number of hydrogen-bond acceptors (Lipinski definition) is 4. The second kappa shape index (κ2) is 6.63. The molecule has 0 aromatic carbocycles. The summed E-state index contributed by atoms with van der Waals surface area (Å²) in [6.45, 7) is -1.68. The minimum absolute atomic E-state index is 0.00285. The summed E-state index contributed by atoms with van der Waals surface area (Å²) in [6.07, 6.45) is 0. The van der Waals surface area contributed by atoms with E-state index in [1.54, 1.807) is 0 Å². The highest BCUT2D eigenvalue weighted by molar-refractivity contribution is 5.83. The highest BCUT2D eigenvalue weighted by Gasteiger charge is 2.37. The number of rotatable bonds is 7. The van der Waals surface area contributed by atoms with Crippen molar-refractivity contribution in [2.75, 3.05) is 32.8 Å². The average molecular weight is 212 g/mol. The lowest BCUT2D eigenvalue weighted by Gasteiger charge is -2.15. The Balaban J connectivity index is 3.83. The molecule has 0 rings (SSSR count). The Morgan fingerprint density at radius 3 is 2.29 bits per heavy atom. The predicted molar refractivity (Wildman–Crippen MR) is 45.0 cm³/mol. The summed E-state index contributed by atoms with van der Waals surface area (Å²) in [5, 5.41) is 20.7. The normalized spacial score (nSPS) is 11.4. The number of aliphatic hydroxyl groups excluding tert-OH is 2. The van der Waals surface area contributed by atoms with Crippen molar-refractivity contribution < 1.29 is 23.8 Å². The third-order valence-electron chi connectivity index (χ3n) is 1.37. The van der Waals surface area contributed by atoms with Crippen LogP contribution in [0.1, 0.15) is 0 Å². The van der Waals surface area contributed by atoms with Crippen molar-refractivity contribution >= 4 is 5.91 Å². The maximum absolute atomic E-state index is 12.8. The second-order valence-corrected chi connectivity index (χ2v) is 2.58. The fraction of sp³-hybridized carbons (Fsp3) is 0.857. The van der Waals surface area contributed by atoms with Gasteiger partial charge in [-0.05, 0) is 0 Å². The van der Waals surface area contributed by atoms with Crippen LogP contribution >= 0.6 is 0 Å². The topological polar surface area (TPSA) is 81.6 Å². The van der Waals surface area contributed by atoms with Crippen molar-refractivity contribution in [3.8, 4) is 0 Å². The minimum atomic E-state index is -3.52. The third-order valence-corrected chi connectivity index (χ3v) is 1.37. The maximum Gasteiger partial charge on any atom is 0.336 e. The van der Waals surface area contributed by atoms with E-state index in [1.807, 2.05) is 5.32 Å².